The van der Waals surface area contributed by atoms with E-state index in [4.69, 9.17) is 0 Å². The van der Waals surface area contributed by atoms with Gasteiger partial charge in [-0.15, -0.1) is 0 Å². The molecule has 0 aliphatic heterocycles. The Morgan fingerprint density at radius 3 is 2.20 bits per heavy atom. The van der Waals surface area contributed by atoms with Crippen molar-refractivity contribution in [3.63, 3.8) is 0 Å². The smallest absolute Gasteiger partial charge is 0.165 e. The second-order valence-electron chi connectivity index (χ2n) is 4.76. The van der Waals surface area contributed by atoms with E-state index in [2.05, 4.69) is 26.0 Å². The average Bonchev–Trinajstić information content (AvgIpc) is 2.15. The molecule has 0 saturated carbocycles. The van der Waals surface area contributed by atoms with Crippen molar-refractivity contribution in [2.24, 2.45) is 5.92 Å². The predicted octanol–water partition coefficient (Wildman–Crippen LogP) is 3.96. The summed E-state index contributed by atoms with van der Waals surface area (Å²) in [6.07, 6.45) is 0. The molecule has 0 unspecified atom stereocenters. The van der Waals surface area contributed by atoms with Crippen molar-refractivity contribution in [1.82, 2.24) is 0 Å². The van der Waals surface area contributed by atoms with E-state index >= 15 is 0 Å². The molecule has 1 nitrogen and oxygen atoms in total. The highest BCUT2D eigenvalue weighted by Gasteiger charge is 2.16. The van der Waals surface area contributed by atoms with Gasteiger partial charge >= 0.3 is 0 Å². The first-order valence-corrected chi connectivity index (χ1v) is 5.58. The number of benzene rings is 1. The van der Waals surface area contributed by atoms with Crippen LogP contribution in [0.2, 0.25) is 0 Å². The van der Waals surface area contributed by atoms with Gasteiger partial charge in [-0.05, 0) is 24.5 Å². The molecular weight excluding hydrogens is 184 g/mol. The molecule has 1 aromatic rings. The molecule has 15 heavy (non-hydrogen) atoms. The van der Waals surface area contributed by atoms with Crippen LogP contribution in [-0.4, -0.2) is 5.78 Å². The Hall–Kier alpha value is -1.11. The number of carbonyl (C=O) groups excluding carboxylic acids is 1. The van der Waals surface area contributed by atoms with Crippen molar-refractivity contribution in [2.75, 3.05) is 0 Å². The molecule has 0 atom stereocenters. The van der Waals surface area contributed by atoms with Crippen molar-refractivity contribution in [3.05, 3.63) is 34.9 Å². The highest BCUT2D eigenvalue weighted by Crippen LogP contribution is 2.23. The molecule has 0 radical (unpaired) electrons. The van der Waals surface area contributed by atoms with E-state index in [9.17, 15) is 4.79 Å². The fourth-order valence-electron chi connectivity index (χ4n) is 1.70. The van der Waals surface area contributed by atoms with E-state index < -0.39 is 0 Å². The van der Waals surface area contributed by atoms with Crippen LogP contribution >= 0.6 is 0 Å². The lowest BCUT2D eigenvalue weighted by molar-refractivity contribution is 0.0938. The lowest BCUT2D eigenvalue weighted by atomic mass is 9.90. The molecule has 0 N–H and O–H groups in total. The largest absolute Gasteiger partial charge is 0.294 e. The Balaban J connectivity index is 3.24. The Bertz CT molecular complexity index is 362. The first kappa shape index (κ1) is 12.0. The first-order chi connectivity index (χ1) is 6.93. The molecule has 0 aliphatic rings. The monoisotopic (exact) mass is 204 g/mol. The molecule has 0 spiro atoms. The van der Waals surface area contributed by atoms with Crippen LogP contribution in [0.25, 0.3) is 0 Å². The summed E-state index contributed by atoms with van der Waals surface area (Å²) in [4.78, 5) is 12.0. The van der Waals surface area contributed by atoms with Gasteiger partial charge in [-0.2, -0.15) is 0 Å². The quantitative estimate of drug-likeness (QED) is 0.681. The van der Waals surface area contributed by atoms with Gasteiger partial charge in [0, 0.05) is 11.5 Å². The van der Waals surface area contributed by atoms with Crippen LogP contribution in [-0.2, 0) is 0 Å². The minimum atomic E-state index is 0.0734. The maximum absolute atomic E-state index is 12.0. The molecule has 0 amide bonds. The highest BCUT2D eigenvalue weighted by atomic mass is 16.1. The minimum Gasteiger partial charge on any atom is -0.294 e. The van der Waals surface area contributed by atoms with Crippen LogP contribution in [0.15, 0.2) is 18.2 Å². The van der Waals surface area contributed by atoms with Gasteiger partial charge in [-0.25, -0.2) is 0 Å². The number of carbonyl (C=O) groups is 1. The van der Waals surface area contributed by atoms with Crippen molar-refractivity contribution < 1.29 is 4.79 Å². The highest BCUT2D eigenvalue weighted by molar-refractivity contribution is 5.99. The summed E-state index contributed by atoms with van der Waals surface area (Å²) in [7, 11) is 0. The maximum Gasteiger partial charge on any atom is 0.165 e. The SMILES string of the molecule is Cc1ccc(C(C)C)c(C(=O)C(C)C)c1. The molecule has 0 heterocycles. The van der Waals surface area contributed by atoms with Crippen LogP contribution in [0.4, 0.5) is 0 Å². The van der Waals surface area contributed by atoms with Gasteiger partial charge in [0.15, 0.2) is 5.78 Å². The third-order valence-electron chi connectivity index (χ3n) is 2.62. The van der Waals surface area contributed by atoms with Crippen molar-refractivity contribution >= 4 is 5.78 Å². The zero-order chi connectivity index (χ0) is 11.6. The van der Waals surface area contributed by atoms with Gasteiger partial charge in [0.1, 0.15) is 0 Å². The lowest BCUT2D eigenvalue weighted by Crippen LogP contribution is -2.11. The summed E-state index contributed by atoms with van der Waals surface area (Å²) in [5, 5.41) is 0. The number of ketones is 1. The normalized spacial score (nSPS) is 11.1. The fourth-order valence-corrected chi connectivity index (χ4v) is 1.70. The van der Waals surface area contributed by atoms with Gasteiger partial charge in [0.25, 0.3) is 0 Å². The van der Waals surface area contributed by atoms with E-state index in [0.717, 1.165) is 11.1 Å². The molecule has 1 heteroatoms. The summed E-state index contributed by atoms with van der Waals surface area (Å²) < 4.78 is 0. The summed E-state index contributed by atoms with van der Waals surface area (Å²) in [5.41, 5.74) is 3.22. The number of rotatable bonds is 3. The van der Waals surface area contributed by atoms with Crippen molar-refractivity contribution in [1.29, 1.82) is 0 Å². The van der Waals surface area contributed by atoms with Gasteiger partial charge < -0.3 is 0 Å². The Morgan fingerprint density at radius 2 is 1.73 bits per heavy atom. The molecule has 0 fully saturated rings. The molecule has 0 aromatic heterocycles. The Morgan fingerprint density at radius 1 is 1.13 bits per heavy atom. The van der Waals surface area contributed by atoms with Crippen LogP contribution in [0.3, 0.4) is 0 Å². The standard InChI is InChI=1S/C14H20O/c1-9(2)12-7-6-11(5)8-13(12)14(15)10(3)4/h6-10H,1-5H3. The maximum atomic E-state index is 12.0. The van der Waals surface area contributed by atoms with E-state index in [1.807, 2.05) is 26.8 Å². The molecule has 1 aromatic carbocycles. The predicted molar refractivity (Wildman–Crippen MR) is 64.4 cm³/mol. The number of hydrogen-bond acceptors (Lipinski definition) is 1. The van der Waals surface area contributed by atoms with Gasteiger partial charge in [-0.1, -0.05) is 45.4 Å². The molecule has 0 saturated heterocycles. The molecular formula is C14H20O. The van der Waals surface area contributed by atoms with Crippen LogP contribution in [0.1, 0.15) is 55.1 Å². The van der Waals surface area contributed by atoms with Gasteiger partial charge in [0.2, 0.25) is 0 Å². The number of aryl methyl sites for hydroxylation is 1. The molecule has 0 aliphatic carbocycles. The zero-order valence-electron chi connectivity index (χ0n) is 10.3. The van der Waals surface area contributed by atoms with E-state index in [-0.39, 0.29) is 11.7 Å². The van der Waals surface area contributed by atoms with Crippen LogP contribution in [0.5, 0.6) is 0 Å². The minimum absolute atomic E-state index is 0.0734. The topological polar surface area (TPSA) is 17.1 Å². The molecule has 1 rings (SSSR count). The summed E-state index contributed by atoms with van der Waals surface area (Å²) in [6.45, 7) is 10.2. The Kier molecular flexibility index (Phi) is 3.67. The fraction of sp³-hybridized carbons (Fsp3) is 0.500. The second kappa shape index (κ2) is 4.61. The molecule has 82 valence electrons. The van der Waals surface area contributed by atoms with Crippen molar-refractivity contribution in [3.8, 4) is 0 Å². The third-order valence-corrected chi connectivity index (χ3v) is 2.62. The molecule has 0 bridgehead atoms. The third kappa shape index (κ3) is 2.68. The van der Waals surface area contributed by atoms with E-state index in [0.29, 0.717) is 5.92 Å². The van der Waals surface area contributed by atoms with Crippen LogP contribution < -0.4 is 0 Å². The van der Waals surface area contributed by atoms with Crippen molar-refractivity contribution in [2.45, 2.75) is 40.5 Å². The summed E-state index contributed by atoms with van der Waals surface area (Å²) in [6, 6.07) is 6.17. The first-order valence-electron chi connectivity index (χ1n) is 5.58. The summed E-state index contributed by atoms with van der Waals surface area (Å²) >= 11 is 0. The number of hydrogen-bond donors (Lipinski definition) is 0. The Labute approximate surface area is 92.5 Å². The van der Waals surface area contributed by atoms with Gasteiger partial charge in [-0.3, -0.25) is 4.79 Å². The van der Waals surface area contributed by atoms with E-state index in [1.54, 1.807) is 0 Å². The zero-order valence-corrected chi connectivity index (χ0v) is 10.3. The van der Waals surface area contributed by atoms with Crippen LogP contribution in [0, 0.1) is 12.8 Å². The van der Waals surface area contributed by atoms with Gasteiger partial charge in [0.05, 0.1) is 0 Å². The second-order valence-corrected chi connectivity index (χ2v) is 4.76. The average molecular weight is 204 g/mol. The number of Topliss-reactive ketones (excluding diaryl/α,β-unsaturated/α-hetero) is 1. The van der Waals surface area contributed by atoms with E-state index in [1.165, 1.54) is 5.56 Å². The lowest BCUT2D eigenvalue weighted by Gasteiger charge is -2.14. The summed E-state index contributed by atoms with van der Waals surface area (Å²) in [5.74, 6) is 0.731.